The van der Waals surface area contributed by atoms with E-state index in [0.29, 0.717) is 37.4 Å². The highest BCUT2D eigenvalue weighted by molar-refractivity contribution is 7.99. The van der Waals surface area contributed by atoms with Crippen molar-refractivity contribution in [1.82, 2.24) is 37.2 Å². The molecule has 1 heterocycles. The SMILES string of the molecule is CCCCCC(NC(=O)CNC(=O)C1CCC(CCSC2OC(CO)C(O)C(O)C2O)CC1)C(=O)NCC(=O)NCC(=O)NC(C)C(=O)NC(CCCCC)C(=O)NC(CC(C)C)C(=O)O. The summed E-state index contributed by atoms with van der Waals surface area (Å²) in [6.45, 7) is 7.09. The number of thioether (sulfide) groups is 1. The number of carbonyl (C=O) groups is 8. The monoisotopic (exact) mass is 960 g/mol. The van der Waals surface area contributed by atoms with Crippen LogP contribution < -0.4 is 37.2 Å². The lowest BCUT2D eigenvalue weighted by atomic mass is 9.80. The number of nitrogens with one attached hydrogen (secondary N) is 7. The first-order valence-electron chi connectivity index (χ1n) is 23.5. The molecule has 21 nitrogen and oxygen atoms in total. The molecular weight excluding hydrogens is 883 g/mol. The van der Waals surface area contributed by atoms with Crippen LogP contribution in [-0.2, 0) is 43.1 Å². The van der Waals surface area contributed by atoms with Gasteiger partial charge in [0, 0.05) is 5.92 Å². The molecular formula is C44H77N7O14S. The Morgan fingerprint density at radius 3 is 1.77 bits per heavy atom. The van der Waals surface area contributed by atoms with E-state index in [0.717, 1.165) is 44.9 Å². The maximum Gasteiger partial charge on any atom is 0.326 e. The van der Waals surface area contributed by atoms with Crippen molar-refractivity contribution >= 4 is 59.1 Å². The Balaban J connectivity index is 1.78. The van der Waals surface area contributed by atoms with Crippen molar-refractivity contribution in [2.75, 3.05) is 32.0 Å². The molecule has 0 bridgehead atoms. The summed E-state index contributed by atoms with van der Waals surface area (Å²) in [5.41, 5.74) is -0.793. The molecule has 0 aromatic heterocycles. The number of amides is 7. The lowest BCUT2D eigenvalue weighted by Crippen LogP contribution is -2.57. The molecule has 0 aromatic rings. The van der Waals surface area contributed by atoms with Crippen molar-refractivity contribution in [2.45, 2.75) is 179 Å². The van der Waals surface area contributed by atoms with Crippen molar-refractivity contribution in [3.63, 3.8) is 0 Å². The molecule has 1 aliphatic carbocycles. The van der Waals surface area contributed by atoms with E-state index in [-0.39, 0.29) is 43.6 Å². The Labute approximate surface area is 392 Å². The molecule has 1 saturated carbocycles. The second kappa shape index (κ2) is 31.0. The summed E-state index contributed by atoms with van der Waals surface area (Å²) in [7, 11) is 0. The van der Waals surface area contributed by atoms with Gasteiger partial charge >= 0.3 is 5.97 Å². The third-order valence-electron chi connectivity index (χ3n) is 11.7. The molecule has 0 aromatic carbocycles. The highest BCUT2D eigenvalue weighted by atomic mass is 32.2. The number of carboxylic acid groups (broad SMARTS) is 1. The number of carbonyl (C=O) groups excluding carboxylic acids is 7. The van der Waals surface area contributed by atoms with Gasteiger partial charge in [-0.25, -0.2) is 4.79 Å². The van der Waals surface area contributed by atoms with Crippen LogP contribution in [0.4, 0.5) is 0 Å². The summed E-state index contributed by atoms with van der Waals surface area (Å²) >= 11 is 1.30. The third-order valence-corrected chi connectivity index (χ3v) is 12.9. The second-order valence-electron chi connectivity index (χ2n) is 17.8. The highest BCUT2D eigenvalue weighted by Gasteiger charge is 2.43. The fourth-order valence-corrected chi connectivity index (χ4v) is 8.99. The number of unbranched alkanes of at least 4 members (excludes halogenated alkanes) is 4. The van der Waals surface area contributed by atoms with Gasteiger partial charge in [-0.05, 0) is 75.9 Å². The van der Waals surface area contributed by atoms with Crippen molar-refractivity contribution in [1.29, 1.82) is 0 Å². The molecule has 66 heavy (non-hydrogen) atoms. The summed E-state index contributed by atoms with van der Waals surface area (Å²) < 4.78 is 5.56. The van der Waals surface area contributed by atoms with Crippen LogP contribution in [0, 0.1) is 17.8 Å². The van der Waals surface area contributed by atoms with Gasteiger partial charge in [0.15, 0.2) is 0 Å². The quantitative estimate of drug-likeness (QED) is 0.0397. The average molecular weight is 960 g/mol. The number of rotatable bonds is 30. The van der Waals surface area contributed by atoms with E-state index in [1.807, 2.05) is 27.7 Å². The minimum Gasteiger partial charge on any atom is -0.480 e. The molecule has 0 spiro atoms. The summed E-state index contributed by atoms with van der Waals surface area (Å²) in [4.78, 5) is 102. The zero-order valence-electron chi connectivity index (χ0n) is 39.2. The summed E-state index contributed by atoms with van der Waals surface area (Å²) in [5, 5.41) is 67.0. The van der Waals surface area contributed by atoms with Crippen molar-refractivity contribution < 1.29 is 68.6 Å². The Bertz CT molecular complexity index is 1570. The Kier molecular flexibility index (Phi) is 27.3. The minimum absolute atomic E-state index is 0.00626. The van der Waals surface area contributed by atoms with Crippen LogP contribution >= 0.6 is 11.8 Å². The first kappa shape index (κ1) is 58.0. The van der Waals surface area contributed by atoms with Gasteiger partial charge in [-0.1, -0.05) is 66.2 Å². The number of aliphatic hydroxyl groups is 4. The van der Waals surface area contributed by atoms with E-state index in [4.69, 9.17) is 4.74 Å². The molecule has 2 aliphatic rings. The van der Waals surface area contributed by atoms with Crippen LogP contribution in [0.1, 0.15) is 125 Å². The van der Waals surface area contributed by atoms with E-state index < -0.39 is 115 Å². The Hall–Kier alpha value is -4.09. The number of aliphatic hydroxyl groups excluding tert-OH is 4. The molecule has 1 saturated heterocycles. The van der Waals surface area contributed by atoms with Gasteiger partial charge in [0.05, 0.1) is 26.2 Å². The van der Waals surface area contributed by atoms with Crippen molar-refractivity contribution in [2.24, 2.45) is 17.8 Å². The molecule has 2 rings (SSSR count). The second-order valence-corrected chi connectivity index (χ2v) is 19.0. The molecule has 378 valence electrons. The van der Waals surface area contributed by atoms with Crippen LogP contribution in [-0.4, -0.2) is 159 Å². The van der Waals surface area contributed by atoms with E-state index in [9.17, 15) is 63.9 Å². The molecule has 7 amide bonds. The molecule has 1 aliphatic heterocycles. The van der Waals surface area contributed by atoms with Crippen LogP contribution in [0.5, 0.6) is 0 Å². The number of aliphatic carboxylic acids is 1. The Morgan fingerprint density at radius 2 is 1.20 bits per heavy atom. The predicted octanol–water partition coefficient (Wildman–Crippen LogP) is -0.685. The van der Waals surface area contributed by atoms with Crippen LogP contribution in [0.15, 0.2) is 0 Å². The van der Waals surface area contributed by atoms with Gasteiger partial charge < -0.3 is 67.5 Å². The zero-order valence-corrected chi connectivity index (χ0v) is 40.0. The average Bonchev–Trinajstić information content (AvgIpc) is 3.28. The Morgan fingerprint density at radius 1 is 0.636 bits per heavy atom. The summed E-state index contributed by atoms with van der Waals surface area (Å²) in [6, 6.07) is -4.28. The first-order chi connectivity index (χ1) is 31.3. The normalized spacial score (nSPS) is 23.6. The predicted molar refractivity (Wildman–Crippen MR) is 244 cm³/mol. The first-order valence-corrected chi connectivity index (χ1v) is 24.5. The van der Waals surface area contributed by atoms with E-state index in [1.54, 1.807) is 0 Å². The molecule has 12 N–H and O–H groups in total. The van der Waals surface area contributed by atoms with E-state index >= 15 is 0 Å². The summed E-state index contributed by atoms with van der Waals surface area (Å²) in [6.07, 6.45) is 3.65. The van der Waals surface area contributed by atoms with Gasteiger partial charge in [0.25, 0.3) is 0 Å². The fraction of sp³-hybridized carbons (Fsp3) is 0.818. The van der Waals surface area contributed by atoms with Crippen LogP contribution in [0.3, 0.4) is 0 Å². The standard InChI is InChI=1S/C44H77N7O14S/c1-6-8-10-12-29(49-35(55)23-46-40(60)28-16-14-27(15-17-28)18-19-66-44-38(58)37(57)36(56)32(24-52)65-44)41(61)47-21-33(53)45-22-34(54)48-26(5)39(59)50-30(13-11-9-7-2)42(62)51-31(43(63)64)20-25(3)4/h25-32,36-38,44,52,56-58H,6-24H2,1-5H3,(H,45,53)(H,46,60)(H,47,61)(H,48,54)(H,49,55)(H,50,59)(H,51,62)(H,63,64). The number of hydrogen-bond acceptors (Lipinski definition) is 14. The van der Waals surface area contributed by atoms with Gasteiger partial charge in [-0.15, -0.1) is 11.8 Å². The molecule has 9 unspecified atom stereocenters. The third kappa shape index (κ3) is 21.3. The highest BCUT2D eigenvalue weighted by Crippen LogP contribution is 2.34. The molecule has 9 atom stereocenters. The number of ether oxygens (including phenoxy) is 1. The van der Waals surface area contributed by atoms with E-state index in [1.165, 1.54) is 18.7 Å². The van der Waals surface area contributed by atoms with Crippen LogP contribution in [0.2, 0.25) is 0 Å². The van der Waals surface area contributed by atoms with Crippen LogP contribution in [0.25, 0.3) is 0 Å². The van der Waals surface area contributed by atoms with Gasteiger partial charge in [0.2, 0.25) is 41.4 Å². The number of hydrogen-bond donors (Lipinski definition) is 12. The van der Waals surface area contributed by atoms with E-state index in [2.05, 4.69) is 37.2 Å². The van der Waals surface area contributed by atoms with Crippen molar-refractivity contribution in [3.8, 4) is 0 Å². The zero-order chi connectivity index (χ0) is 49.3. The maximum atomic E-state index is 13.1. The topological polar surface area (TPSA) is 331 Å². The van der Waals surface area contributed by atoms with Gasteiger partial charge in [-0.2, -0.15) is 0 Å². The lowest BCUT2D eigenvalue weighted by Gasteiger charge is -2.39. The maximum absolute atomic E-state index is 13.1. The van der Waals surface area contributed by atoms with Gasteiger partial charge in [-0.3, -0.25) is 33.6 Å². The molecule has 22 heteroatoms. The minimum atomic E-state index is -1.42. The molecule has 0 radical (unpaired) electrons. The molecule has 2 fully saturated rings. The fourth-order valence-electron chi connectivity index (χ4n) is 7.71. The smallest absolute Gasteiger partial charge is 0.326 e. The van der Waals surface area contributed by atoms with Crippen molar-refractivity contribution in [3.05, 3.63) is 0 Å². The summed E-state index contributed by atoms with van der Waals surface area (Å²) in [5.74, 6) is -4.83. The van der Waals surface area contributed by atoms with Gasteiger partial charge in [0.1, 0.15) is 54.0 Å². The lowest BCUT2D eigenvalue weighted by molar-refractivity contribution is -0.205. The largest absolute Gasteiger partial charge is 0.480 e. The number of carboxylic acids is 1.